The van der Waals surface area contributed by atoms with Crippen LogP contribution in [0.2, 0.25) is 0 Å². The fourth-order valence-corrected chi connectivity index (χ4v) is 0.321. The molecule has 0 spiro atoms. The minimum absolute atomic E-state index is 0.431. The van der Waals surface area contributed by atoms with Crippen LogP contribution in [0.25, 0.3) is 0 Å². The van der Waals surface area contributed by atoms with Crippen LogP contribution in [0.4, 0.5) is 0 Å². The van der Waals surface area contributed by atoms with E-state index in [1.165, 1.54) is 13.3 Å². The molecule has 0 aromatic heterocycles. The van der Waals surface area contributed by atoms with Crippen LogP contribution in [0, 0.1) is 0 Å². The predicted molar refractivity (Wildman–Crippen MR) is 26.8 cm³/mol. The summed E-state index contributed by atoms with van der Waals surface area (Å²) in [6.07, 6.45) is 3.06. The summed E-state index contributed by atoms with van der Waals surface area (Å²) < 4.78 is 4.67. The van der Waals surface area contributed by atoms with E-state index in [4.69, 9.17) is 0 Å². The van der Waals surface area contributed by atoms with E-state index >= 15 is 0 Å². The maximum absolute atomic E-state index is 4.67. The maximum Gasteiger partial charge on any atom is 0.254 e. The summed E-state index contributed by atoms with van der Waals surface area (Å²) in [5, 5.41) is 3.39. The van der Waals surface area contributed by atoms with Gasteiger partial charge in [0.05, 0.1) is 13.3 Å². The van der Waals surface area contributed by atoms with Gasteiger partial charge >= 0.3 is 0 Å². The van der Waals surface area contributed by atoms with Gasteiger partial charge in [-0.2, -0.15) is 0 Å². The number of hydroxylamine groups is 1. The zero-order valence-electron chi connectivity index (χ0n) is 4.37. The van der Waals surface area contributed by atoms with Crippen molar-refractivity contribution in [2.24, 2.45) is 5.16 Å². The second-order valence-corrected chi connectivity index (χ2v) is 1.14. The van der Waals surface area contributed by atoms with Crippen LogP contribution in [-0.4, -0.2) is 13.0 Å². The first-order valence-electron chi connectivity index (χ1n) is 2.08. The van der Waals surface area contributed by atoms with Gasteiger partial charge in [-0.1, -0.05) is 5.48 Å². The van der Waals surface area contributed by atoms with Crippen LogP contribution in [0.5, 0.6) is 0 Å². The van der Waals surface area contributed by atoms with E-state index in [2.05, 4.69) is 20.3 Å². The summed E-state index contributed by atoms with van der Waals surface area (Å²) >= 11 is 0. The standard InChI is InChI=1S/C4H5N2O2/c1-7-4-2-3-5-8-6-4/h2-3H,1H3. The fraction of sp³-hybridized carbons (Fsp3) is 0.250. The highest BCUT2D eigenvalue weighted by molar-refractivity contribution is 5.87. The van der Waals surface area contributed by atoms with Gasteiger partial charge in [-0.3, -0.25) is 0 Å². The lowest BCUT2D eigenvalue weighted by molar-refractivity contribution is 0.0605. The molecule has 0 unspecified atom stereocenters. The molecule has 0 aliphatic carbocycles. The molecule has 0 saturated heterocycles. The number of nitrogens with zero attached hydrogens (tertiary/aromatic N) is 2. The largest absolute Gasteiger partial charge is 0.479 e. The number of hydrogen-bond donors (Lipinski definition) is 0. The summed E-state index contributed by atoms with van der Waals surface area (Å²) in [5.41, 5.74) is 3.33. The molecule has 1 radical (unpaired) electrons. The molecule has 1 aliphatic rings. The molecule has 0 N–H and O–H groups in total. The SMILES string of the molecule is COC1=NO[N]C=C1. The van der Waals surface area contributed by atoms with Crippen LogP contribution in [0.15, 0.2) is 17.4 Å². The van der Waals surface area contributed by atoms with Crippen molar-refractivity contribution in [1.82, 2.24) is 5.48 Å². The van der Waals surface area contributed by atoms with E-state index in [1.807, 2.05) is 0 Å². The van der Waals surface area contributed by atoms with Crippen molar-refractivity contribution in [3.05, 3.63) is 12.3 Å². The average molecular weight is 113 g/mol. The molecule has 0 amide bonds. The number of oxime groups is 1. The van der Waals surface area contributed by atoms with Gasteiger partial charge in [-0.25, -0.2) is 4.94 Å². The third-order valence-corrected chi connectivity index (χ3v) is 0.665. The second-order valence-electron chi connectivity index (χ2n) is 1.14. The lowest BCUT2D eigenvalue weighted by Crippen LogP contribution is -2.06. The van der Waals surface area contributed by atoms with Crippen LogP contribution >= 0.6 is 0 Å². The molecule has 8 heavy (non-hydrogen) atoms. The molecular weight excluding hydrogens is 108 g/mol. The summed E-state index contributed by atoms with van der Waals surface area (Å²) in [6, 6.07) is 0. The van der Waals surface area contributed by atoms with Crippen LogP contribution in [0.3, 0.4) is 0 Å². The van der Waals surface area contributed by atoms with Crippen LogP contribution < -0.4 is 5.48 Å². The molecule has 0 aromatic rings. The molecule has 4 heteroatoms. The van der Waals surface area contributed by atoms with Gasteiger partial charge in [0.1, 0.15) is 0 Å². The smallest absolute Gasteiger partial charge is 0.254 e. The molecular formula is C4H5N2O2. The third kappa shape index (κ3) is 0.900. The molecule has 0 bridgehead atoms. The normalized spacial score (nSPS) is 15.9. The van der Waals surface area contributed by atoms with E-state index in [9.17, 15) is 0 Å². The van der Waals surface area contributed by atoms with Gasteiger partial charge in [0.15, 0.2) is 0 Å². The number of ether oxygens (including phenoxy) is 1. The predicted octanol–water partition coefficient (Wildman–Crippen LogP) is 0.00960. The van der Waals surface area contributed by atoms with Gasteiger partial charge in [0.2, 0.25) is 0 Å². The molecule has 0 aromatic carbocycles. The third-order valence-electron chi connectivity index (χ3n) is 0.665. The van der Waals surface area contributed by atoms with Gasteiger partial charge < -0.3 is 4.74 Å². The maximum atomic E-state index is 4.67. The Hall–Kier alpha value is -1.19. The van der Waals surface area contributed by atoms with Crippen molar-refractivity contribution >= 4 is 5.90 Å². The molecule has 0 atom stereocenters. The zero-order chi connectivity index (χ0) is 5.82. The minimum atomic E-state index is 0.431. The molecule has 4 nitrogen and oxygen atoms in total. The number of methoxy groups -OCH3 is 1. The molecule has 43 valence electrons. The summed E-state index contributed by atoms with van der Waals surface area (Å²) in [5.74, 6) is 0.431. The van der Waals surface area contributed by atoms with Crippen molar-refractivity contribution in [3.8, 4) is 0 Å². The van der Waals surface area contributed by atoms with Gasteiger partial charge in [-0.15, -0.1) is 0 Å². The van der Waals surface area contributed by atoms with E-state index in [0.717, 1.165) is 0 Å². The van der Waals surface area contributed by atoms with Crippen LogP contribution in [0.1, 0.15) is 0 Å². The highest BCUT2D eigenvalue weighted by atomic mass is 16.8. The van der Waals surface area contributed by atoms with E-state index in [1.54, 1.807) is 6.08 Å². The van der Waals surface area contributed by atoms with E-state index < -0.39 is 0 Å². The van der Waals surface area contributed by atoms with Gasteiger partial charge in [-0.05, 0) is 5.16 Å². The highest BCUT2D eigenvalue weighted by Crippen LogP contribution is 1.89. The van der Waals surface area contributed by atoms with Crippen molar-refractivity contribution in [1.29, 1.82) is 0 Å². The Balaban J connectivity index is 2.51. The van der Waals surface area contributed by atoms with E-state index in [0.29, 0.717) is 5.90 Å². The zero-order valence-corrected chi connectivity index (χ0v) is 4.37. The van der Waals surface area contributed by atoms with Crippen molar-refractivity contribution in [2.75, 3.05) is 7.11 Å². The number of rotatable bonds is 0. The first kappa shape index (κ1) is 4.96. The molecule has 1 rings (SSSR count). The van der Waals surface area contributed by atoms with Crippen LogP contribution in [-0.2, 0) is 9.68 Å². The topological polar surface area (TPSA) is 44.9 Å². The Morgan fingerprint density at radius 1 is 1.75 bits per heavy atom. The molecule has 0 saturated carbocycles. The summed E-state index contributed by atoms with van der Waals surface area (Å²) in [4.78, 5) is 4.27. The Kier molecular flexibility index (Phi) is 1.37. The first-order valence-corrected chi connectivity index (χ1v) is 2.08. The quantitative estimate of drug-likeness (QED) is 0.444. The Labute approximate surface area is 46.7 Å². The average Bonchev–Trinajstić information content (AvgIpc) is 1.90. The first-order chi connectivity index (χ1) is 3.93. The Morgan fingerprint density at radius 3 is 3.00 bits per heavy atom. The summed E-state index contributed by atoms with van der Waals surface area (Å²) in [7, 11) is 1.51. The van der Waals surface area contributed by atoms with Crippen molar-refractivity contribution in [3.63, 3.8) is 0 Å². The number of hydrogen-bond acceptors (Lipinski definition) is 3. The Morgan fingerprint density at radius 2 is 2.62 bits per heavy atom. The lowest BCUT2D eigenvalue weighted by Gasteiger charge is -2.00. The summed E-state index contributed by atoms with van der Waals surface area (Å²) in [6.45, 7) is 0. The van der Waals surface area contributed by atoms with Crippen molar-refractivity contribution in [2.45, 2.75) is 0 Å². The highest BCUT2D eigenvalue weighted by Gasteiger charge is 1.96. The lowest BCUT2D eigenvalue weighted by atomic mass is 10.6. The molecule has 1 heterocycles. The monoisotopic (exact) mass is 113 g/mol. The van der Waals surface area contributed by atoms with Crippen molar-refractivity contribution < 1.29 is 9.68 Å². The van der Waals surface area contributed by atoms with E-state index in [-0.39, 0.29) is 0 Å². The second kappa shape index (κ2) is 2.20. The van der Waals surface area contributed by atoms with Gasteiger partial charge in [0, 0.05) is 6.08 Å². The fourth-order valence-electron chi connectivity index (χ4n) is 0.321. The Bertz CT molecular complexity index is 130. The molecule has 0 fully saturated rings. The van der Waals surface area contributed by atoms with Gasteiger partial charge in [0.25, 0.3) is 5.90 Å². The minimum Gasteiger partial charge on any atom is -0.479 e. The molecule has 1 aliphatic heterocycles.